The first-order valence-corrected chi connectivity index (χ1v) is 4.25. The van der Waals surface area contributed by atoms with E-state index in [0.29, 0.717) is 19.4 Å². The summed E-state index contributed by atoms with van der Waals surface area (Å²) >= 11 is 0. The highest BCUT2D eigenvalue weighted by molar-refractivity contribution is 5.66. The first kappa shape index (κ1) is 12.3. The zero-order valence-electron chi connectivity index (χ0n) is 7.48. The standard InChI is InChI=1S/C8H16O5/c9-5-7(10)6-13-4-2-1-3-8(11)12/h7,9-10H,1-6H2,(H,11,12). The van der Waals surface area contributed by atoms with E-state index in [4.69, 9.17) is 20.1 Å². The molecule has 0 saturated heterocycles. The van der Waals surface area contributed by atoms with Crippen molar-refractivity contribution in [3.05, 3.63) is 0 Å². The minimum absolute atomic E-state index is 0.101. The van der Waals surface area contributed by atoms with Gasteiger partial charge in [-0.2, -0.15) is 0 Å². The van der Waals surface area contributed by atoms with E-state index in [-0.39, 0.29) is 19.6 Å². The van der Waals surface area contributed by atoms with Gasteiger partial charge in [-0.05, 0) is 12.8 Å². The number of aliphatic hydroxyl groups is 2. The van der Waals surface area contributed by atoms with E-state index in [1.807, 2.05) is 0 Å². The molecule has 78 valence electrons. The summed E-state index contributed by atoms with van der Waals surface area (Å²) in [7, 11) is 0. The summed E-state index contributed by atoms with van der Waals surface area (Å²) in [6, 6.07) is 0. The van der Waals surface area contributed by atoms with Crippen molar-refractivity contribution in [1.29, 1.82) is 0 Å². The van der Waals surface area contributed by atoms with Crippen molar-refractivity contribution in [2.45, 2.75) is 25.4 Å². The Hall–Kier alpha value is -0.650. The van der Waals surface area contributed by atoms with Gasteiger partial charge >= 0.3 is 5.97 Å². The molecule has 0 aromatic rings. The lowest BCUT2D eigenvalue weighted by atomic mass is 10.2. The SMILES string of the molecule is O=C(O)CCCCOCC(O)CO. The molecule has 1 unspecified atom stereocenters. The summed E-state index contributed by atoms with van der Waals surface area (Å²) in [6.45, 7) is 0.211. The van der Waals surface area contributed by atoms with Crippen LogP contribution in [0, 0.1) is 0 Å². The van der Waals surface area contributed by atoms with E-state index < -0.39 is 12.1 Å². The first-order chi connectivity index (χ1) is 6.16. The van der Waals surface area contributed by atoms with Crippen LogP contribution in [0.1, 0.15) is 19.3 Å². The quantitative estimate of drug-likeness (QED) is 0.456. The predicted molar refractivity (Wildman–Crippen MR) is 45.4 cm³/mol. The van der Waals surface area contributed by atoms with Gasteiger partial charge in [0.25, 0.3) is 0 Å². The molecule has 0 aliphatic rings. The lowest BCUT2D eigenvalue weighted by molar-refractivity contribution is -0.137. The molecule has 5 heteroatoms. The monoisotopic (exact) mass is 192 g/mol. The molecule has 1 atom stereocenters. The Morgan fingerprint density at radius 1 is 1.38 bits per heavy atom. The van der Waals surface area contributed by atoms with Gasteiger partial charge in [-0.3, -0.25) is 4.79 Å². The van der Waals surface area contributed by atoms with Gasteiger partial charge in [-0.25, -0.2) is 0 Å². The van der Waals surface area contributed by atoms with Gasteiger partial charge in [0.1, 0.15) is 6.10 Å². The Labute approximate surface area is 77.0 Å². The molecule has 0 aliphatic heterocycles. The number of carbonyl (C=O) groups is 1. The Balaban J connectivity index is 3.04. The molecule has 0 spiro atoms. The smallest absolute Gasteiger partial charge is 0.303 e. The molecule has 0 radical (unpaired) electrons. The van der Waals surface area contributed by atoms with Crippen LogP contribution in [0.15, 0.2) is 0 Å². The van der Waals surface area contributed by atoms with Crippen molar-refractivity contribution in [2.24, 2.45) is 0 Å². The average Bonchev–Trinajstić information content (AvgIpc) is 2.10. The minimum Gasteiger partial charge on any atom is -0.481 e. The van der Waals surface area contributed by atoms with Gasteiger partial charge in [-0.1, -0.05) is 0 Å². The topological polar surface area (TPSA) is 87.0 Å². The van der Waals surface area contributed by atoms with Crippen LogP contribution in [-0.4, -0.2) is 47.2 Å². The molecule has 5 nitrogen and oxygen atoms in total. The fourth-order valence-corrected chi connectivity index (χ4v) is 0.752. The molecule has 0 rings (SSSR count). The third-order valence-corrected chi connectivity index (χ3v) is 1.45. The largest absolute Gasteiger partial charge is 0.481 e. The summed E-state index contributed by atoms with van der Waals surface area (Å²) in [4.78, 5) is 10.1. The number of unbranched alkanes of at least 4 members (excludes halogenated alkanes) is 1. The fraction of sp³-hybridized carbons (Fsp3) is 0.875. The van der Waals surface area contributed by atoms with Crippen LogP contribution >= 0.6 is 0 Å². The number of hydrogen-bond donors (Lipinski definition) is 3. The summed E-state index contributed by atoms with van der Waals surface area (Å²) in [5, 5.41) is 25.5. The van der Waals surface area contributed by atoms with Crippen molar-refractivity contribution >= 4 is 5.97 Å². The number of hydrogen-bond acceptors (Lipinski definition) is 4. The van der Waals surface area contributed by atoms with Gasteiger partial charge < -0.3 is 20.1 Å². The molecule has 13 heavy (non-hydrogen) atoms. The molecule has 0 heterocycles. The van der Waals surface area contributed by atoms with Crippen molar-refractivity contribution in [3.63, 3.8) is 0 Å². The van der Waals surface area contributed by atoms with E-state index in [0.717, 1.165) is 0 Å². The lowest BCUT2D eigenvalue weighted by Crippen LogP contribution is -2.19. The van der Waals surface area contributed by atoms with E-state index in [1.54, 1.807) is 0 Å². The third kappa shape index (κ3) is 9.26. The second kappa shape index (κ2) is 7.97. The number of carboxylic acid groups (broad SMARTS) is 1. The Morgan fingerprint density at radius 3 is 2.62 bits per heavy atom. The molecule has 0 aromatic carbocycles. The Kier molecular flexibility index (Phi) is 7.57. The molecule has 0 aliphatic carbocycles. The van der Waals surface area contributed by atoms with E-state index in [9.17, 15) is 4.79 Å². The number of carboxylic acids is 1. The Morgan fingerprint density at radius 2 is 2.08 bits per heavy atom. The van der Waals surface area contributed by atoms with Crippen molar-refractivity contribution in [2.75, 3.05) is 19.8 Å². The normalized spacial score (nSPS) is 12.8. The molecular weight excluding hydrogens is 176 g/mol. The molecule has 3 N–H and O–H groups in total. The second-order valence-corrected chi connectivity index (χ2v) is 2.76. The van der Waals surface area contributed by atoms with Crippen LogP contribution in [0.3, 0.4) is 0 Å². The summed E-state index contributed by atoms with van der Waals surface area (Å²) in [5.74, 6) is -0.810. The summed E-state index contributed by atoms with van der Waals surface area (Å²) in [6.07, 6.45) is 0.542. The first-order valence-electron chi connectivity index (χ1n) is 4.25. The van der Waals surface area contributed by atoms with Crippen LogP contribution in [0.4, 0.5) is 0 Å². The van der Waals surface area contributed by atoms with Gasteiger partial charge in [-0.15, -0.1) is 0 Å². The van der Waals surface area contributed by atoms with Gasteiger partial charge in [0.15, 0.2) is 0 Å². The lowest BCUT2D eigenvalue weighted by Gasteiger charge is -2.07. The molecule has 0 aromatic heterocycles. The maximum Gasteiger partial charge on any atom is 0.303 e. The number of aliphatic carboxylic acids is 1. The Bertz CT molecular complexity index is 136. The average molecular weight is 192 g/mol. The summed E-state index contributed by atoms with van der Waals surface area (Å²) < 4.78 is 4.97. The highest BCUT2D eigenvalue weighted by atomic mass is 16.5. The fourth-order valence-electron chi connectivity index (χ4n) is 0.752. The molecule has 0 saturated carbocycles. The molecule has 0 bridgehead atoms. The highest BCUT2D eigenvalue weighted by Crippen LogP contribution is 1.96. The van der Waals surface area contributed by atoms with Crippen molar-refractivity contribution in [1.82, 2.24) is 0 Å². The van der Waals surface area contributed by atoms with Crippen molar-refractivity contribution in [3.8, 4) is 0 Å². The molecule has 0 amide bonds. The predicted octanol–water partition coefficient (Wildman–Crippen LogP) is -0.389. The van der Waals surface area contributed by atoms with E-state index >= 15 is 0 Å². The zero-order valence-corrected chi connectivity index (χ0v) is 7.48. The number of ether oxygens (including phenoxy) is 1. The minimum atomic E-state index is -0.834. The van der Waals surface area contributed by atoms with Crippen LogP contribution in [-0.2, 0) is 9.53 Å². The van der Waals surface area contributed by atoms with Crippen LogP contribution in [0.5, 0.6) is 0 Å². The summed E-state index contributed by atoms with van der Waals surface area (Å²) in [5.41, 5.74) is 0. The number of rotatable bonds is 8. The van der Waals surface area contributed by atoms with Gasteiger partial charge in [0, 0.05) is 13.0 Å². The van der Waals surface area contributed by atoms with Crippen LogP contribution < -0.4 is 0 Å². The highest BCUT2D eigenvalue weighted by Gasteiger charge is 2.01. The van der Waals surface area contributed by atoms with Crippen LogP contribution in [0.25, 0.3) is 0 Å². The second-order valence-electron chi connectivity index (χ2n) is 2.76. The number of aliphatic hydroxyl groups excluding tert-OH is 2. The maximum atomic E-state index is 10.1. The van der Waals surface area contributed by atoms with Crippen LogP contribution in [0.2, 0.25) is 0 Å². The van der Waals surface area contributed by atoms with Gasteiger partial charge in [0.2, 0.25) is 0 Å². The van der Waals surface area contributed by atoms with E-state index in [1.165, 1.54) is 0 Å². The van der Waals surface area contributed by atoms with Crippen molar-refractivity contribution < 1.29 is 24.9 Å². The zero-order chi connectivity index (χ0) is 10.1. The molecular formula is C8H16O5. The third-order valence-electron chi connectivity index (χ3n) is 1.45. The van der Waals surface area contributed by atoms with Gasteiger partial charge in [0.05, 0.1) is 13.2 Å². The molecule has 0 fully saturated rings. The van der Waals surface area contributed by atoms with E-state index in [2.05, 4.69) is 0 Å². The maximum absolute atomic E-state index is 10.1.